The van der Waals surface area contributed by atoms with Gasteiger partial charge in [0.1, 0.15) is 0 Å². The van der Waals surface area contributed by atoms with E-state index in [1.165, 1.54) is 0 Å². The molecule has 0 spiro atoms. The molecule has 20 heavy (non-hydrogen) atoms. The van der Waals surface area contributed by atoms with E-state index in [2.05, 4.69) is 19.2 Å². The van der Waals surface area contributed by atoms with Gasteiger partial charge < -0.3 is 14.8 Å². The van der Waals surface area contributed by atoms with Gasteiger partial charge in [0.15, 0.2) is 17.3 Å². The predicted octanol–water partition coefficient (Wildman–Crippen LogP) is 3.16. The molecule has 0 radical (unpaired) electrons. The largest absolute Gasteiger partial charge is 0.454 e. The number of carbonyl (C=O) groups excluding carboxylic acids is 1. The van der Waals surface area contributed by atoms with Crippen LogP contribution in [0.2, 0.25) is 0 Å². The predicted molar refractivity (Wildman–Crippen MR) is 78.5 cm³/mol. The summed E-state index contributed by atoms with van der Waals surface area (Å²) >= 11 is 0. The first-order chi connectivity index (χ1) is 9.76. The zero-order valence-electron chi connectivity index (χ0n) is 12.3. The molecule has 1 heterocycles. The van der Waals surface area contributed by atoms with Gasteiger partial charge in [0.05, 0.1) is 6.04 Å². The zero-order valence-corrected chi connectivity index (χ0v) is 12.3. The van der Waals surface area contributed by atoms with E-state index in [1.54, 1.807) is 6.07 Å². The number of hydrogen-bond donors (Lipinski definition) is 1. The normalized spacial score (nSPS) is 14.3. The van der Waals surface area contributed by atoms with Crippen LogP contribution in [0.1, 0.15) is 49.9 Å². The van der Waals surface area contributed by atoms with Gasteiger partial charge in [-0.1, -0.05) is 26.7 Å². The average molecular weight is 277 g/mol. The van der Waals surface area contributed by atoms with Gasteiger partial charge in [0.2, 0.25) is 6.79 Å². The van der Waals surface area contributed by atoms with Crippen LogP contribution in [0.5, 0.6) is 11.5 Å². The van der Waals surface area contributed by atoms with Crippen molar-refractivity contribution in [1.82, 2.24) is 5.32 Å². The summed E-state index contributed by atoms with van der Waals surface area (Å²) in [5, 5.41) is 3.37. The van der Waals surface area contributed by atoms with E-state index in [1.807, 2.05) is 12.1 Å². The van der Waals surface area contributed by atoms with Crippen molar-refractivity contribution in [2.24, 2.45) is 0 Å². The lowest BCUT2D eigenvalue weighted by Crippen LogP contribution is -2.37. The third kappa shape index (κ3) is 3.51. The Morgan fingerprint density at radius 1 is 1.25 bits per heavy atom. The molecule has 1 aliphatic heterocycles. The van der Waals surface area contributed by atoms with E-state index < -0.39 is 0 Å². The lowest BCUT2D eigenvalue weighted by atomic mass is 10.00. The monoisotopic (exact) mass is 277 g/mol. The molecule has 1 aromatic carbocycles. The second-order valence-corrected chi connectivity index (χ2v) is 5.08. The lowest BCUT2D eigenvalue weighted by Gasteiger charge is -2.17. The third-order valence-electron chi connectivity index (χ3n) is 3.47. The number of fused-ring (bicyclic) bond motifs is 1. The Balaban J connectivity index is 2.06. The molecular weight excluding hydrogens is 254 g/mol. The summed E-state index contributed by atoms with van der Waals surface area (Å²) in [5.74, 6) is 1.52. The Morgan fingerprint density at radius 3 is 2.80 bits per heavy atom. The molecule has 0 bridgehead atoms. The molecule has 1 N–H and O–H groups in total. The van der Waals surface area contributed by atoms with E-state index in [-0.39, 0.29) is 18.6 Å². The average Bonchev–Trinajstić information content (AvgIpc) is 2.93. The Morgan fingerprint density at radius 2 is 2.05 bits per heavy atom. The highest BCUT2D eigenvalue weighted by Gasteiger charge is 2.21. The second kappa shape index (κ2) is 7.29. The van der Waals surface area contributed by atoms with Crippen LogP contribution < -0.4 is 14.8 Å². The molecule has 2 rings (SSSR count). The van der Waals surface area contributed by atoms with Crippen molar-refractivity contribution in [1.29, 1.82) is 0 Å². The molecule has 1 aromatic rings. The first-order valence-corrected chi connectivity index (χ1v) is 7.43. The number of unbranched alkanes of at least 4 members (excludes halogenated alkanes) is 1. The molecule has 4 nitrogen and oxygen atoms in total. The fourth-order valence-electron chi connectivity index (χ4n) is 2.32. The van der Waals surface area contributed by atoms with Gasteiger partial charge >= 0.3 is 0 Å². The molecule has 0 amide bonds. The maximum atomic E-state index is 12.6. The van der Waals surface area contributed by atoms with Crippen LogP contribution in [0.15, 0.2) is 18.2 Å². The van der Waals surface area contributed by atoms with Crippen LogP contribution in [0.25, 0.3) is 0 Å². The lowest BCUT2D eigenvalue weighted by molar-refractivity contribution is 0.0937. The number of ether oxygens (including phenoxy) is 2. The standard InChI is InChI=1S/C16H23NO3/c1-3-5-9-17-13(6-4-2)16(18)12-7-8-14-15(10-12)20-11-19-14/h7-8,10,13,17H,3-6,9,11H2,1-2H3. The van der Waals surface area contributed by atoms with Gasteiger partial charge in [0, 0.05) is 5.56 Å². The van der Waals surface area contributed by atoms with E-state index in [4.69, 9.17) is 9.47 Å². The van der Waals surface area contributed by atoms with E-state index >= 15 is 0 Å². The van der Waals surface area contributed by atoms with Crippen molar-refractivity contribution in [3.05, 3.63) is 23.8 Å². The summed E-state index contributed by atoms with van der Waals surface area (Å²) in [6.07, 6.45) is 4.07. The summed E-state index contributed by atoms with van der Waals surface area (Å²) in [5.41, 5.74) is 0.691. The number of nitrogens with one attached hydrogen (secondary N) is 1. The van der Waals surface area contributed by atoms with Crippen LogP contribution in [0, 0.1) is 0 Å². The van der Waals surface area contributed by atoms with Crippen molar-refractivity contribution in [2.75, 3.05) is 13.3 Å². The third-order valence-corrected chi connectivity index (χ3v) is 3.47. The highest BCUT2D eigenvalue weighted by Crippen LogP contribution is 2.32. The summed E-state index contributed by atoms with van der Waals surface area (Å²) in [4.78, 5) is 12.6. The minimum absolute atomic E-state index is 0.105. The number of ketones is 1. The highest BCUT2D eigenvalue weighted by molar-refractivity contribution is 6.00. The summed E-state index contributed by atoms with van der Waals surface area (Å²) in [6.45, 7) is 5.37. The molecule has 4 heteroatoms. The molecule has 110 valence electrons. The van der Waals surface area contributed by atoms with Crippen LogP contribution in [0.4, 0.5) is 0 Å². The minimum Gasteiger partial charge on any atom is -0.454 e. The molecule has 0 saturated heterocycles. The molecule has 0 aromatic heterocycles. The molecule has 0 saturated carbocycles. The Bertz CT molecular complexity index is 459. The maximum absolute atomic E-state index is 12.6. The summed E-state index contributed by atoms with van der Waals surface area (Å²) in [7, 11) is 0. The first kappa shape index (κ1) is 14.9. The van der Waals surface area contributed by atoms with Gasteiger partial charge in [0.25, 0.3) is 0 Å². The van der Waals surface area contributed by atoms with Gasteiger partial charge in [-0.25, -0.2) is 0 Å². The Hall–Kier alpha value is -1.55. The van der Waals surface area contributed by atoms with Crippen molar-refractivity contribution in [3.63, 3.8) is 0 Å². The van der Waals surface area contributed by atoms with E-state index in [0.717, 1.165) is 32.2 Å². The smallest absolute Gasteiger partial charge is 0.231 e. The highest BCUT2D eigenvalue weighted by atomic mass is 16.7. The quantitative estimate of drug-likeness (QED) is 0.585. The fraction of sp³-hybridized carbons (Fsp3) is 0.562. The molecule has 1 atom stereocenters. The molecule has 1 aliphatic rings. The van der Waals surface area contributed by atoms with Gasteiger partial charge in [-0.2, -0.15) is 0 Å². The summed E-state index contributed by atoms with van der Waals surface area (Å²) < 4.78 is 10.6. The number of carbonyl (C=O) groups is 1. The first-order valence-electron chi connectivity index (χ1n) is 7.43. The van der Waals surface area contributed by atoms with Crippen LogP contribution in [0.3, 0.4) is 0 Å². The molecular formula is C16H23NO3. The van der Waals surface area contributed by atoms with Gasteiger partial charge in [-0.15, -0.1) is 0 Å². The van der Waals surface area contributed by atoms with Crippen molar-refractivity contribution < 1.29 is 14.3 Å². The SMILES string of the molecule is CCCCNC(CCC)C(=O)c1ccc2c(c1)OCO2. The van der Waals surface area contributed by atoms with Crippen LogP contribution >= 0.6 is 0 Å². The maximum Gasteiger partial charge on any atom is 0.231 e. The zero-order chi connectivity index (χ0) is 14.4. The van der Waals surface area contributed by atoms with Crippen molar-refractivity contribution >= 4 is 5.78 Å². The number of hydrogen-bond acceptors (Lipinski definition) is 4. The molecule has 0 aliphatic carbocycles. The minimum atomic E-state index is -0.105. The summed E-state index contributed by atoms with van der Waals surface area (Å²) in [6, 6.07) is 5.31. The van der Waals surface area contributed by atoms with Gasteiger partial charge in [-0.05, 0) is 37.6 Å². The van der Waals surface area contributed by atoms with E-state index in [9.17, 15) is 4.79 Å². The van der Waals surface area contributed by atoms with E-state index in [0.29, 0.717) is 17.1 Å². The van der Waals surface area contributed by atoms with Gasteiger partial charge in [-0.3, -0.25) is 4.79 Å². The topological polar surface area (TPSA) is 47.6 Å². The number of benzene rings is 1. The number of Topliss-reactive ketones (excluding diaryl/α,β-unsaturated/α-hetero) is 1. The van der Waals surface area contributed by atoms with Crippen LogP contribution in [-0.4, -0.2) is 25.2 Å². The van der Waals surface area contributed by atoms with Crippen LogP contribution in [-0.2, 0) is 0 Å². The Labute approximate surface area is 120 Å². The van der Waals surface area contributed by atoms with Crippen molar-refractivity contribution in [3.8, 4) is 11.5 Å². The second-order valence-electron chi connectivity index (χ2n) is 5.08. The van der Waals surface area contributed by atoms with Crippen molar-refractivity contribution in [2.45, 2.75) is 45.6 Å². The fourth-order valence-corrected chi connectivity index (χ4v) is 2.32. The molecule has 1 unspecified atom stereocenters. The number of rotatable bonds is 8. The Kier molecular flexibility index (Phi) is 5.41. The molecule has 0 fully saturated rings.